The molecule has 0 saturated heterocycles. The van der Waals surface area contributed by atoms with Crippen LogP contribution < -0.4 is 5.32 Å². The van der Waals surface area contributed by atoms with E-state index < -0.39 is 6.43 Å². The first kappa shape index (κ1) is 30.4. The van der Waals surface area contributed by atoms with Crippen LogP contribution in [0.15, 0.2) is 35.7 Å². The highest BCUT2D eigenvalue weighted by Crippen LogP contribution is 2.28. The highest BCUT2D eigenvalue weighted by molar-refractivity contribution is 6.14. The number of anilines is 1. The molecule has 1 aliphatic rings. The fourth-order valence-corrected chi connectivity index (χ4v) is 3.68. The second kappa shape index (κ2) is 14.2. The molecule has 200 valence electrons. The summed E-state index contributed by atoms with van der Waals surface area (Å²) in [6.07, 6.45) is 9.93. The van der Waals surface area contributed by atoms with E-state index in [0.29, 0.717) is 12.0 Å². The van der Waals surface area contributed by atoms with Crippen molar-refractivity contribution < 1.29 is 8.78 Å². The molecule has 0 spiro atoms. The maximum absolute atomic E-state index is 10.8. The molecule has 0 aromatic carbocycles. The Bertz CT molecular complexity index is 1140. The van der Waals surface area contributed by atoms with Crippen LogP contribution in [0.5, 0.6) is 0 Å². The Morgan fingerprint density at radius 3 is 2.32 bits per heavy atom. The summed E-state index contributed by atoms with van der Waals surface area (Å²) >= 11 is 0. The molecule has 3 aromatic heterocycles. The second-order valence-electron chi connectivity index (χ2n) is 10.7. The lowest BCUT2D eigenvalue weighted by molar-refractivity contribution is 0.144. The molecule has 6 nitrogen and oxygen atoms in total. The van der Waals surface area contributed by atoms with Gasteiger partial charge in [-0.3, -0.25) is 0 Å². The molecule has 2 radical (unpaired) electrons. The molecule has 0 atom stereocenters. The fourth-order valence-electron chi connectivity index (χ4n) is 3.68. The van der Waals surface area contributed by atoms with E-state index in [4.69, 9.17) is 7.85 Å². The standard InChI is InChI=1S/C21H26N6.C4H9B.C3H6F2/c1-14(2)24-20-15(3)11-16(12-22-20)18-9-10-27-19(18)13-23-21(26-27)25-17-7-5-4-6-8-17;1-4(2,3)5;1-2-3(4)5/h9-13,17H,4-8H2,1-3H3,(H,25,26);1-3H3;3H,2H2,1H3. The normalized spacial score (nSPS) is 13.9. The predicted octanol–water partition coefficient (Wildman–Crippen LogP) is 7.99. The summed E-state index contributed by atoms with van der Waals surface area (Å²) in [5.41, 5.74) is 5.18. The lowest BCUT2D eigenvalue weighted by atomic mass is 9.75. The summed E-state index contributed by atoms with van der Waals surface area (Å²) in [7, 11) is 5.35. The number of rotatable bonds is 5. The zero-order chi connectivity index (χ0) is 27.6. The largest absolute Gasteiger partial charge is 0.350 e. The third-order valence-electron chi connectivity index (χ3n) is 5.35. The summed E-state index contributed by atoms with van der Waals surface area (Å²) in [6.45, 7) is 13.3. The molecule has 4 rings (SSSR count). The quantitative estimate of drug-likeness (QED) is 0.279. The molecule has 1 N–H and O–H groups in total. The van der Waals surface area contributed by atoms with Crippen molar-refractivity contribution in [3.8, 4) is 11.1 Å². The topological polar surface area (TPSA) is 67.5 Å². The van der Waals surface area contributed by atoms with E-state index in [2.05, 4.69) is 37.5 Å². The van der Waals surface area contributed by atoms with Gasteiger partial charge < -0.3 is 5.32 Å². The van der Waals surface area contributed by atoms with Gasteiger partial charge in [-0.15, -0.1) is 5.10 Å². The highest BCUT2D eigenvalue weighted by Gasteiger charge is 2.15. The van der Waals surface area contributed by atoms with Crippen molar-refractivity contribution in [1.82, 2.24) is 19.6 Å². The van der Waals surface area contributed by atoms with Gasteiger partial charge in [0.15, 0.2) is 5.82 Å². The van der Waals surface area contributed by atoms with Gasteiger partial charge >= 0.3 is 0 Å². The van der Waals surface area contributed by atoms with Crippen molar-refractivity contribution in [2.75, 3.05) is 5.32 Å². The van der Waals surface area contributed by atoms with E-state index in [1.807, 2.05) is 64.6 Å². The Morgan fingerprint density at radius 1 is 1.16 bits per heavy atom. The van der Waals surface area contributed by atoms with Crippen LogP contribution in [-0.4, -0.2) is 45.6 Å². The van der Waals surface area contributed by atoms with Crippen LogP contribution >= 0.6 is 0 Å². The maximum atomic E-state index is 10.8. The Balaban J connectivity index is 0.000000412. The summed E-state index contributed by atoms with van der Waals surface area (Å²) in [6, 6.07) is 4.69. The maximum Gasteiger partial charge on any atom is 0.241 e. The van der Waals surface area contributed by atoms with Gasteiger partial charge in [0.05, 0.1) is 19.6 Å². The Morgan fingerprint density at radius 2 is 1.78 bits per heavy atom. The molecular weight excluding hydrogens is 469 g/mol. The number of nitrogens with one attached hydrogen (secondary N) is 1. The molecule has 0 unspecified atom stereocenters. The van der Waals surface area contributed by atoms with Crippen LogP contribution in [0.4, 0.5) is 20.5 Å². The van der Waals surface area contributed by atoms with E-state index >= 15 is 0 Å². The fraction of sp³-hybridized carbons (Fsp3) is 0.571. The summed E-state index contributed by atoms with van der Waals surface area (Å²) in [5.74, 6) is 1.48. The van der Waals surface area contributed by atoms with E-state index in [1.165, 1.54) is 39.0 Å². The minimum Gasteiger partial charge on any atom is -0.350 e. The molecule has 0 aliphatic heterocycles. The lowest BCUT2D eigenvalue weighted by Gasteiger charge is -2.22. The zero-order valence-corrected chi connectivity index (χ0v) is 23.4. The van der Waals surface area contributed by atoms with Gasteiger partial charge in [-0.2, -0.15) is 0 Å². The van der Waals surface area contributed by atoms with Gasteiger partial charge in [0.2, 0.25) is 12.4 Å². The van der Waals surface area contributed by atoms with Gasteiger partial charge in [0.25, 0.3) is 0 Å². The average molecular weight is 510 g/mol. The molecule has 3 heterocycles. The molecule has 37 heavy (non-hydrogen) atoms. The van der Waals surface area contributed by atoms with E-state index in [-0.39, 0.29) is 11.7 Å². The van der Waals surface area contributed by atoms with Crippen molar-refractivity contribution in [2.45, 2.75) is 105 Å². The molecule has 9 heteroatoms. The molecule has 1 aliphatic carbocycles. The Hall–Kier alpha value is -2.84. The van der Waals surface area contributed by atoms with Gasteiger partial charge in [0, 0.05) is 41.7 Å². The van der Waals surface area contributed by atoms with Crippen LogP contribution in [0.3, 0.4) is 0 Å². The molecule has 1 saturated carbocycles. The molecule has 0 amide bonds. The van der Waals surface area contributed by atoms with Crippen LogP contribution in [0, 0.1) is 6.92 Å². The van der Waals surface area contributed by atoms with Crippen LogP contribution in [-0.2, 0) is 0 Å². The van der Waals surface area contributed by atoms with Crippen molar-refractivity contribution in [3.05, 3.63) is 36.3 Å². The lowest BCUT2D eigenvalue weighted by Crippen LogP contribution is -2.23. The SMILES string of the molecule is CC(C)=Nc1ncc(-c2ccn3nc(NC4CCCCC4)ncc23)cc1C.CCC(F)F.[B]C(C)(C)C. The van der Waals surface area contributed by atoms with Crippen LogP contribution in [0.25, 0.3) is 16.6 Å². The average Bonchev–Trinajstić information content (AvgIpc) is 3.23. The summed E-state index contributed by atoms with van der Waals surface area (Å²) in [5, 5.41) is 8.13. The first-order valence-corrected chi connectivity index (χ1v) is 13.0. The number of aryl methyl sites for hydroxylation is 1. The first-order chi connectivity index (χ1) is 17.4. The molecule has 1 fully saturated rings. The smallest absolute Gasteiger partial charge is 0.241 e. The van der Waals surface area contributed by atoms with Gasteiger partial charge in [-0.25, -0.2) is 28.3 Å². The van der Waals surface area contributed by atoms with Gasteiger partial charge in [-0.1, -0.05) is 52.3 Å². The number of nitrogens with zero attached hydrogens (tertiary/aromatic N) is 5. The number of aromatic nitrogens is 4. The monoisotopic (exact) mass is 510 g/mol. The minimum atomic E-state index is -2.12. The summed E-state index contributed by atoms with van der Waals surface area (Å²) < 4.78 is 23.4. The van der Waals surface area contributed by atoms with Crippen LogP contribution in [0.2, 0.25) is 5.31 Å². The van der Waals surface area contributed by atoms with Gasteiger partial charge in [-0.05, 0) is 51.3 Å². The molecule has 0 bridgehead atoms. The first-order valence-electron chi connectivity index (χ1n) is 13.0. The van der Waals surface area contributed by atoms with E-state index in [1.54, 1.807) is 0 Å². The number of alkyl halides is 2. The number of hydrogen-bond donors (Lipinski definition) is 1. The summed E-state index contributed by atoms with van der Waals surface area (Å²) in [4.78, 5) is 13.6. The number of fused-ring (bicyclic) bond motifs is 1. The number of pyridine rings is 1. The molecular formula is C28H41BF2N6. The predicted molar refractivity (Wildman–Crippen MR) is 152 cm³/mol. The zero-order valence-electron chi connectivity index (χ0n) is 23.4. The molecule has 3 aromatic rings. The number of halogens is 2. The van der Waals surface area contributed by atoms with E-state index in [0.717, 1.165) is 33.7 Å². The van der Waals surface area contributed by atoms with Crippen molar-refractivity contribution >= 4 is 30.8 Å². The Kier molecular flexibility index (Phi) is 11.7. The minimum absolute atomic E-state index is 0. The third kappa shape index (κ3) is 11.0. The van der Waals surface area contributed by atoms with Gasteiger partial charge in [0.1, 0.15) is 0 Å². The van der Waals surface area contributed by atoms with Crippen molar-refractivity contribution in [1.29, 1.82) is 0 Å². The number of aliphatic imine (C=N–C) groups is 1. The number of hydrogen-bond acceptors (Lipinski definition) is 5. The van der Waals surface area contributed by atoms with Crippen molar-refractivity contribution in [2.24, 2.45) is 4.99 Å². The van der Waals surface area contributed by atoms with Crippen LogP contribution in [0.1, 0.15) is 85.6 Å². The van der Waals surface area contributed by atoms with Crippen molar-refractivity contribution in [3.63, 3.8) is 0 Å². The van der Waals surface area contributed by atoms with E-state index in [9.17, 15) is 8.78 Å². The third-order valence-corrected chi connectivity index (χ3v) is 5.35. The Labute approximate surface area is 221 Å². The second-order valence-corrected chi connectivity index (χ2v) is 10.7. The highest BCUT2D eigenvalue weighted by atomic mass is 19.3.